The van der Waals surface area contributed by atoms with E-state index in [4.69, 9.17) is 9.97 Å². The van der Waals surface area contributed by atoms with Gasteiger partial charge in [-0.05, 0) is 108 Å². The van der Waals surface area contributed by atoms with Gasteiger partial charge in [0.15, 0.2) is 0 Å². The fourth-order valence-electron chi connectivity index (χ4n) is 5.66. The van der Waals surface area contributed by atoms with Crippen LogP contribution in [0.5, 0.6) is 5.75 Å². The molecule has 0 radical (unpaired) electrons. The predicted octanol–water partition coefficient (Wildman–Crippen LogP) is 10.5. The number of hydrogen-bond acceptors (Lipinski definition) is 4. The second-order valence-corrected chi connectivity index (χ2v) is 13.7. The molecule has 0 fully saturated rings. The molecule has 0 atom stereocenters. The van der Waals surface area contributed by atoms with E-state index in [9.17, 15) is 5.11 Å². The van der Waals surface area contributed by atoms with Crippen LogP contribution in [-0.2, 0) is 10.8 Å². The summed E-state index contributed by atoms with van der Waals surface area (Å²) in [4.78, 5) is 12.1. The molecule has 0 aliphatic rings. The van der Waals surface area contributed by atoms with Crippen molar-refractivity contribution in [3.8, 4) is 28.1 Å². The third-order valence-electron chi connectivity index (χ3n) is 7.97. The molecule has 0 saturated carbocycles. The number of rotatable bonds is 5. The topological polar surface area (TPSA) is 49.2 Å². The maximum atomic E-state index is 11.0. The highest BCUT2D eigenvalue weighted by atomic mass is 16.3. The summed E-state index contributed by atoms with van der Waals surface area (Å²) in [7, 11) is 0. The zero-order valence-corrected chi connectivity index (χ0v) is 26.9. The van der Waals surface area contributed by atoms with Crippen LogP contribution >= 0.6 is 0 Å². The Bertz CT molecular complexity index is 1750. The lowest BCUT2D eigenvalue weighted by atomic mass is 9.82. The van der Waals surface area contributed by atoms with Crippen molar-refractivity contribution in [1.82, 2.24) is 9.97 Å². The highest BCUT2D eigenvalue weighted by molar-refractivity contribution is 5.80. The van der Waals surface area contributed by atoms with Gasteiger partial charge in [0.25, 0.3) is 0 Å². The van der Waals surface area contributed by atoms with Gasteiger partial charge >= 0.3 is 0 Å². The molecule has 2 aromatic heterocycles. The summed E-state index contributed by atoms with van der Waals surface area (Å²) < 4.78 is 0. The molecule has 0 amide bonds. The normalized spacial score (nSPS) is 11.9. The van der Waals surface area contributed by atoms with Crippen LogP contribution in [0.1, 0.15) is 69.4 Å². The van der Waals surface area contributed by atoms with E-state index < -0.39 is 0 Å². The van der Waals surface area contributed by atoms with Crippen molar-refractivity contribution in [2.75, 3.05) is 4.90 Å². The Morgan fingerprint density at radius 1 is 0.628 bits per heavy atom. The third kappa shape index (κ3) is 6.34. The molecule has 5 rings (SSSR count). The van der Waals surface area contributed by atoms with Gasteiger partial charge in [-0.1, -0.05) is 83.5 Å². The Hall–Kier alpha value is -4.44. The van der Waals surface area contributed by atoms with Gasteiger partial charge < -0.3 is 5.11 Å². The number of anilines is 3. The lowest BCUT2D eigenvalue weighted by Crippen LogP contribution is -2.16. The molecule has 0 saturated heterocycles. The molecule has 1 N–H and O–H groups in total. The van der Waals surface area contributed by atoms with Crippen LogP contribution in [0.4, 0.5) is 17.3 Å². The highest BCUT2D eigenvalue weighted by Gasteiger charge is 2.22. The van der Waals surface area contributed by atoms with Crippen molar-refractivity contribution >= 4 is 17.3 Å². The molecule has 0 bridgehead atoms. The average Bonchev–Trinajstić information content (AvgIpc) is 2.94. The summed E-state index contributed by atoms with van der Waals surface area (Å²) in [5.41, 5.74) is 10.5. The van der Waals surface area contributed by atoms with Gasteiger partial charge in [0, 0.05) is 17.3 Å². The van der Waals surface area contributed by atoms with Crippen LogP contribution in [0.25, 0.3) is 22.4 Å². The summed E-state index contributed by atoms with van der Waals surface area (Å²) in [5, 5.41) is 11.0. The zero-order chi connectivity index (χ0) is 31.1. The Morgan fingerprint density at radius 2 is 1.28 bits per heavy atom. The van der Waals surface area contributed by atoms with Crippen molar-refractivity contribution in [2.45, 2.75) is 73.1 Å². The Kier molecular flexibility index (Phi) is 7.91. The Balaban J connectivity index is 1.71. The minimum absolute atomic E-state index is 0.0377. The van der Waals surface area contributed by atoms with Crippen molar-refractivity contribution in [3.63, 3.8) is 0 Å². The number of aryl methyl sites for hydroxylation is 3. The van der Waals surface area contributed by atoms with Crippen molar-refractivity contribution < 1.29 is 5.11 Å². The van der Waals surface area contributed by atoms with E-state index in [1.54, 1.807) is 0 Å². The van der Waals surface area contributed by atoms with Gasteiger partial charge in [-0.2, -0.15) is 0 Å². The SMILES string of the molecule is Cc1cc(C)c(N(c2ccccn2)c2cccc(-c3cc(-c4cc(C(C)(C)C)ccc4O)cc(C(C)(C)C)c3)n2)c(C)c1. The molecule has 2 heterocycles. The number of hydrogen-bond donors (Lipinski definition) is 1. The van der Waals surface area contributed by atoms with Gasteiger partial charge in [0.2, 0.25) is 0 Å². The number of aromatic hydroxyl groups is 1. The molecule has 0 aliphatic heterocycles. The molecule has 0 aliphatic carbocycles. The van der Waals surface area contributed by atoms with E-state index in [1.807, 2.05) is 42.6 Å². The van der Waals surface area contributed by atoms with Gasteiger partial charge in [-0.25, -0.2) is 9.97 Å². The number of nitrogens with zero attached hydrogens (tertiary/aromatic N) is 3. The van der Waals surface area contributed by atoms with Crippen molar-refractivity contribution in [2.24, 2.45) is 0 Å². The summed E-state index contributed by atoms with van der Waals surface area (Å²) in [6.45, 7) is 19.7. The van der Waals surface area contributed by atoms with Crippen LogP contribution in [0, 0.1) is 20.8 Å². The van der Waals surface area contributed by atoms with Gasteiger partial charge in [-0.3, -0.25) is 4.90 Å². The van der Waals surface area contributed by atoms with E-state index in [0.717, 1.165) is 39.7 Å². The number of benzene rings is 3. The molecule has 220 valence electrons. The molecule has 4 nitrogen and oxygen atoms in total. The maximum absolute atomic E-state index is 11.0. The number of phenolic OH excluding ortho intramolecular Hbond substituents is 1. The minimum atomic E-state index is -0.101. The van der Waals surface area contributed by atoms with Crippen LogP contribution in [0.2, 0.25) is 0 Å². The average molecular weight is 570 g/mol. The number of pyridine rings is 2. The van der Waals surface area contributed by atoms with E-state index in [0.29, 0.717) is 0 Å². The Morgan fingerprint density at radius 3 is 1.91 bits per heavy atom. The fourth-order valence-corrected chi connectivity index (χ4v) is 5.66. The molecule has 0 spiro atoms. The molecule has 5 aromatic rings. The predicted molar refractivity (Wildman–Crippen MR) is 181 cm³/mol. The van der Waals surface area contributed by atoms with Gasteiger partial charge in [0.05, 0.1) is 11.4 Å². The first kappa shape index (κ1) is 30.0. The van der Waals surface area contributed by atoms with Crippen LogP contribution in [-0.4, -0.2) is 15.1 Å². The molecular formula is C39H43N3O. The second-order valence-electron chi connectivity index (χ2n) is 13.7. The molecule has 3 aromatic carbocycles. The zero-order valence-electron chi connectivity index (χ0n) is 26.9. The second kappa shape index (κ2) is 11.3. The summed E-state index contributed by atoms with van der Waals surface area (Å²) >= 11 is 0. The largest absolute Gasteiger partial charge is 0.507 e. The van der Waals surface area contributed by atoms with Gasteiger partial charge in [0.1, 0.15) is 17.4 Å². The maximum Gasteiger partial charge on any atom is 0.139 e. The molecule has 0 unspecified atom stereocenters. The third-order valence-corrected chi connectivity index (χ3v) is 7.97. The minimum Gasteiger partial charge on any atom is -0.507 e. The Labute approximate surface area is 257 Å². The van der Waals surface area contributed by atoms with E-state index in [1.165, 1.54) is 27.8 Å². The molecule has 43 heavy (non-hydrogen) atoms. The van der Waals surface area contributed by atoms with Crippen LogP contribution < -0.4 is 4.90 Å². The van der Waals surface area contributed by atoms with Crippen LogP contribution in [0.15, 0.2) is 91.1 Å². The van der Waals surface area contributed by atoms with Crippen molar-refractivity contribution in [1.29, 1.82) is 0 Å². The quantitative estimate of drug-likeness (QED) is 0.229. The van der Waals surface area contributed by atoms with E-state index in [-0.39, 0.29) is 16.6 Å². The van der Waals surface area contributed by atoms with E-state index >= 15 is 0 Å². The first-order valence-corrected chi connectivity index (χ1v) is 15.0. The first-order valence-electron chi connectivity index (χ1n) is 15.0. The fraction of sp³-hybridized carbons (Fsp3) is 0.282. The van der Waals surface area contributed by atoms with Crippen LogP contribution in [0.3, 0.4) is 0 Å². The molecule has 4 heteroatoms. The highest BCUT2D eigenvalue weighted by Crippen LogP contribution is 2.41. The lowest BCUT2D eigenvalue weighted by molar-refractivity contribution is 0.476. The standard InChI is InChI=1S/C39H43N3O/c1-25-19-26(2)37(27(3)20-25)42(35-14-10-11-18-40-35)36-15-12-13-33(41-36)29-21-28(22-31(23-29)39(7,8)9)32-24-30(38(4,5)6)16-17-34(32)43/h10-24,43H,1-9H3. The summed E-state index contributed by atoms with van der Waals surface area (Å²) in [5.74, 6) is 1.89. The summed E-state index contributed by atoms with van der Waals surface area (Å²) in [6.07, 6.45) is 1.82. The summed E-state index contributed by atoms with van der Waals surface area (Å²) in [6, 6.07) is 29.1. The lowest BCUT2D eigenvalue weighted by Gasteiger charge is -2.27. The molecular weight excluding hydrogens is 526 g/mol. The number of phenols is 1. The smallest absolute Gasteiger partial charge is 0.139 e. The van der Waals surface area contributed by atoms with Crippen molar-refractivity contribution in [3.05, 3.63) is 119 Å². The van der Waals surface area contributed by atoms with Gasteiger partial charge in [-0.15, -0.1) is 0 Å². The first-order chi connectivity index (χ1) is 20.2. The number of aromatic nitrogens is 2. The monoisotopic (exact) mass is 569 g/mol. The van der Waals surface area contributed by atoms with E-state index in [2.05, 4.69) is 116 Å².